The van der Waals surface area contributed by atoms with Crippen LogP contribution in [0.15, 0.2) is 48.5 Å². The van der Waals surface area contributed by atoms with E-state index in [9.17, 15) is 4.79 Å². The number of benzene rings is 2. The van der Waals surface area contributed by atoms with Crippen LogP contribution in [0.2, 0.25) is 0 Å². The zero-order chi connectivity index (χ0) is 15.9. The van der Waals surface area contributed by atoms with Crippen molar-refractivity contribution in [2.45, 2.75) is 13.8 Å². The quantitative estimate of drug-likeness (QED) is 0.589. The lowest BCUT2D eigenvalue weighted by Gasteiger charge is -2.09. The molecule has 0 saturated carbocycles. The lowest BCUT2D eigenvalue weighted by molar-refractivity contribution is 0.104. The summed E-state index contributed by atoms with van der Waals surface area (Å²) in [6.45, 7) is 4.50. The molecule has 2 rings (SSSR count). The van der Waals surface area contributed by atoms with Gasteiger partial charge in [0.1, 0.15) is 0 Å². The second-order valence-electron chi connectivity index (χ2n) is 4.91. The van der Waals surface area contributed by atoms with Crippen LogP contribution in [0, 0.1) is 6.92 Å². The minimum atomic E-state index is -0.0205. The average Bonchev–Trinajstić information content (AvgIpc) is 2.54. The molecular weight excluding hydrogens is 276 g/mol. The molecule has 0 unspecified atom stereocenters. The third-order valence-electron chi connectivity index (χ3n) is 3.25. The summed E-state index contributed by atoms with van der Waals surface area (Å²) in [7, 11) is 1.60. The van der Waals surface area contributed by atoms with Crippen molar-refractivity contribution in [3.05, 3.63) is 65.2 Å². The Balaban J connectivity index is 2.15. The fraction of sp³-hybridized carbons (Fsp3) is 0.211. The van der Waals surface area contributed by atoms with Gasteiger partial charge in [-0.1, -0.05) is 42.0 Å². The smallest absolute Gasteiger partial charge is 0.185 e. The molecule has 0 amide bonds. The topological polar surface area (TPSA) is 35.5 Å². The van der Waals surface area contributed by atoms with Crippen LogP contribution in [0.3, 0.4) is 0 Å². The lowest BCUT2D eigenvalue weighted by Crippen LogP contribution is -1.96. The fourth-order valence-electron chi connectivity index (χ4n) is 2.05. The molecule has 0 N–H and O–H groups in total. The maximum atomic E-state index is 12.1. The van der Waals surface area contributed by atoms with E-state index in [2.05, 4.69) is 0 Å². The largest absolute Gasteiger partial charge is 0.493 e. The van der Waals surface area contributed by atoms with Gasteiger partial charge in [-0.15, -0.1) is 0 Å². The predicted octanol–water partition coefficient (Wildman–Crippen LogP) is 4.30. The SMILES string of the molecule is CCOc1ccc(/C=C/C(=O)c2ccc(C)cc2)cc1OC. The first kappa shape index (κ1) is 15.8. The highest BCUT2D eigenvalue weighted by Crippen LogP contribution is 2.28. The van der Waals surface area contributed by atoms with Crippen LogP contribution in [0.25, 0.3) is 6.08 Å². The van der Waals surface area contributed by atoms with E-state index in [0.717, 1.165) is 11.1 Å². The van der Waals surface area contributed by atoms with Gasteiger partial charge in [-0.3, -0.25) is 4.79 Å². The van der Waals surface area contributed by atoms with Crippen LogP contribution in [0.5, 0.6) is 11.5 Å². The summed E-state index contributed by atoms with van der Waals surface area (Å²) < 4.78 is 10.8. The Labute approximate surface area is 131 Å². The lowest BCUT2D eigenvalue weighted by atomic mass is 10.1. The van der Waals surface area contributed by atoms with Gasteiger partial charge in [-0.25, -0.2) is 0 Å². The summed E-state index contributed by atoms with van der Waals surface area (Å²) in [4.78, 5) is 12.1. The first-order valence-corrected chi connectivity index (χ1v) is 7.24. The van der Waals surface area contributed by atoms with Crippen LogP contribution in [0.1, 0.15) is 28.4 Å². The second kappa shape index (κ2) is 7.46. The Bertz CT molecular complexity index is 670. The molecular formula is C19H20O3. The summed E-state index contributed by atoms with van der Waals surface area (Å²) in [6.07, 6.45) is 3.35. The van der Waals surface area contributed by atoms with Crippen molar-refractivity contribution in [2.24, 2.45) is 0 Å². The van der Waals surface area contributed by atoms with E-state index in [4.69, 9.17) is 9.47 Å². The molecule has 3 nitrogen and oxygen atoms in total. The number of hydrogen-bond donors (Lipinski definition) is 0. The van der Waals surface area contributed by atoms with E-state index in [1.165, 1.54) is 0 Å². The fourth-order valence-corrected chi connectivity index (χ4v) is 2.05. The molecule has 0 atom stereocenters. The van der Waals surface area contributed by atoms with Crippen LogP contribution in [0.4, 0.5) is 0 Å². The Morgan fingerprint density at radius 1 is 1.09 bits per heavy atom. The van der Waals surface area contributed by atoms with Crippen molar-refractivity contribution in [1.82, 2.24) is 0 Å². The Kier molecular flexibility index (Phi) is 5.37. The van der Waals surface area contributed by atoms with Gasteiger partial charge in [0, 0.05) is 5.56 Å². The van der Waals surface area contributed by atoms with E-state index in [0.29, 0.717) is 23.7 Å². The van der Waals surface area contributed by atoms with E-state index in [1.54, 1.807) is 19.3 Å². The van der Waals surface area contributed by atoms with Gasteiger partial charge in [0.05, 0.1) is 13.7 Å². The van der Waals surface area contributed by atoms with Crippen LogP contribution >= 0.6 is 0 Å². The highest BCUT2D eigenvalue weighted by atomic mass is 16.5. The van der Waals surface area contributed by atoms with E-state index in [-0.39, 0.29) is 5.78 Å². The molecule has 0 heterocycles. The standard InChI is InChI=1S/C19H20O3/c1-4-22-18-12-8-15(13-19(18)21-3)7-11-17(20)16-9-5-14(2)6-10-16/h5-13H,4H2,1-3H3/b11-7+. The minimum absolute atomic E-state index is 0.0205. The number of hydrogen-bond acceptors (Lipinski definition) is 3. The molecule has 0 spiro atoms. The van der Waals surface area contributed by atoms with E-state index < -0.39 is 0 Å². The number of carbonyl (C=O) groups excluding carboxylic acids is 1. The van der Waals surface area contributed by atoms with Crippen molar-refractivity contribution in [1.29, 1.82) is 0 Å². The molecule has 3 heteroatoms. The molecule has 0 radical (unpaired) electrons. The molecule has 0 bridgehead atoms. The Morgan fingerprint density at radius 3 is 2.45 bits per heavy atom. The summed E-state index contributed by atoms with van der Waals surface area (Å²) in [5, 5.41) is 0. The molecule has 2 aromatic rings. The normalized spacial score (nSPS) is 10.7. The van der Waals surface area contributed by atoms with Gasteiger partial charge in [0.15, 0.2) is 17.3 Å². The van der Waals surface area contributed by atoms with Gasteiger partial charge in [0.2, 0.25) is 0 Å². The maximum absolute atomic E-state index is 12.1. The Morgan fingerprint density at radius 2 is 1.82 bits per heavy atom. The molecule has 114 valence electrons. The van der Waals surface area contributed by atoms with Gasteiger partial charge in [-0.2, -0.15) is 0 Å². The summed E-state index contributed by atoms with van der Waals surface area (Å²) >= 11 is 0. The highest BCUT2D eigenvalue weighted by molar-refractivity contribution is 6.06. The molecule has 0 fully saturated rings. The Hall–Kier alpha value is -2.55. The van der Waals surface area contributed by atoms with Crippen molar-refractivity contribution in [3.63, 3.8) is 0 Å². The summed E-state index contributed by atoms with van der Waals surface area (Å²) in [6, 6.07) is 13.1. The van der Waals surface area contributed by atoms with Crippen LogP contribution in [-0.4, -0.2) is 19.5 Å². The van der Waals surface area contributed by atoms with Gasteiger partial charge in [-0.05, 0) is 37.6 Å². The maximum Gasteiger partial charge on any atom is 0.185 e. The molecule has 0 saturated heterocycles. The molecule has 2 aromatic carbocycles. The third kappa shape index (κ3) is 3.98. The van der Waals surface area contributed by atoms with Crippen molar-refractivity contribution in [3.8, 4) is 11.5 Å². The number of methoxy groups -OCH3 is 1. The molecule has 0 aromatic heterocycles. The number of rotatable bonds is 6. The molecule has 0 aliphatic rings. The van der Waals surface area contributed by atoms with E-state index >= 15 is 0 Å². The number of ether oxygens (including phenoxy) is 2. The van der Waals surface area contributed by atoms with Crippen molar-refractivity contribution >= 4 is 11.9 Å². The molecule has 0 aliphatic heterocycles. The van der Waals surface area contributed by atoms with Crippen LogP contribution in [-0.2, 0) is 0 Å². The zero-order valence-electron chi connectivity index (χ0n) is 13.1. The van der Waals surface area contributed by atoms with Gasteiger partial charge in [0.25, 0.3) is 0 Å². The molecule has 0 aliphatic carbocycles. The van der Waals surface area contributed by atoms with Gasteiger partial charge >= 0.3 is 0 Å². The highest BCUT2D eigenvalue weighted by Gasteiger charge is 2.05. The summed E-state index contributed by atoms with van der Waals surface area (Å²) in [5.41, 5.74) is 2.71. The average molecular weight is 296 g/mol. The monoisotopic (exact) mass is 296 g/mol. The number of ketones is 1. The predicted molar refractivity (Wildman–Crippen MR) is 88.7 cm³/mol. The van der Waals surface area contributed by atoms with Crippen LogP contribution < -0.4 is 9.47 Å². The second-order valence-corrected chi connectivity index (χ2v) is 4.91. The van der Waals surface area contributed by atoms with Gasteiger partial charge < -0.3 is 9.47 Å². The number of aryl methyl sites for hydroxylation is 1. The first-order chi connectivity index (χ1) is 10.6. The van der Waals surface area contributed by atoms with E-state index in [1.807, 2.05) is 56.3 Å². The summed E-state index contributed by atoms with van der Waals surface area (Å²) in [5.74, 6) is 1.34. The zero-order valence-corrected chi connectivity index (χ0v) is 13.1. The van der Waals surface area contributed by atoms with Crippen molar-refractivity contribution < 1.29 is 14.3 Å². The number of allylic oxidation sites excluding steroid dienone is 1. The minimum Gasteiger partial charge on any atom is -0.493 e. The molecule has 22 heavy (non-hydrogen) atoms. The number of carbonyl (C=O) groups is 1. The third-order valence-corrected chi connectivity index (χ3v) is 3.25. The first-order valence-electron chi connectivity index (χ1n) is 7.24. The van der Waals surface area contributed by atoms with Crippen molar-refractivity contribution in [2.75, 3.05) is 13.7 Å².